The highest BCUT2D eigenvalue weighted by atomic mass is 16.5. The minimum atomic E-state index is 0.980. The first-order valence-corrected chi connectivity index (χ1v) is 5.37. The lowest BCUT2D eigenvalue weighted by Gasteiger charge is -2.22. The SMILES string of the molecule is Cc1ccccc1OC1=CCN(C)CC1. The molecule has 0 saturated carbocycles. The molecule has 0 fully saturated rings. The van der Waals surface area contributed by atoms with Crippen molar-refractivity contribution in [2.45, 2.75) is 13.3 Å². The normalized spacial score (nSPS) is 17.3. The lowest BCUT2D eigenvalue weighted by Crippen LogP contribution is -2.25. The zero-order chi connectivity index (χ0) is 10.7. The maximum absolute atomic E-state index is 5.87. The summed E-state index contributed by atoms with van der Waals surface area (Å²) in [6.45, 7) is 4.14. The molecule has 0 saturated heterocycles. The van der Waals surface area contributed by atoms with Crippen LogP contribution in [0.4, 0.5) is 0 Å². The summed E-state index contributed by atoms with van der Waals surface area (Å²) in [4.78, 5) is 2.28. The van der Waals surface area contributed by atoms with Gasteiger partial charge in [-0.05, 0) is 31.7 Å². The van der Waals surface area contributed by atoms with Gasteiger partial charge >= 0.3 is 0 Å². The maximum atomic E-state index is 5.87. The van der Waals surface area contributed by atoms with Crippen LogP contribution in [0.25, 0.3) is 0 Å². The number of rotatable bonds is 2. The Hall–Kier alpha value is -1.28. The van der Waals surface area contributed by atoms with Gasteiger partial charge in [0.2, 0.25) is 0 Å². The van der Waals surface area contributed by atoms with Crippen molar-refractivity contribution in [3.8, 4) is 5.75 Å². The van der Waals surface area contributed by atoms with Crippen molar-refractivity contribution in [3.63, 3.8) is 0 Å². The minimum Gasteiger partial charge on any atom is -0.462 e. The molecule has 1 aromatic carbocycles. The van der Waals surface area contributed by atoms with Crippen LogP contribution in [-0.4, -0.2) is 25.0 Å². The van der Waals surface area contributed by atoms with E-state index in [0.717, 1.165) is 31.0 Å². The summed E-state index contributed by atoms with van der Waals surface area (Å²) in [7, 11) is 2.13. The van der Waals surface area contributed by atoms with E-state index in [1.54, 1.807) is 0 Å². The van der Waals surface area contributed by atoms with Gasteiger partial charge in [-0.3, -0.25) is 0 Å². The van der Waals surface area contributed by atoms with Gasteiger partial charge in [0.05, 0.1) is 0 Å². The summed E-state index contributed by atoms with van der Waals surface area (Å²) < 4.78 is 5.87. The van der Waals surface area contributed by atoms with E-state index in [0.29, 0.717) is 0 Å². The molecule has 0 aliphatic carbocycles. The molecule has 0 bridgehead atoms. The molecular formula is C13H17NO. The Morgan fingerprint density at radius 2 is 2.07 bits per heavy atom. The molecule has 0 radical (unpaired) electrons. The van der Waals surface area contributed by atoms with E-state index in [2.05, 4.69) is 31.0 Å². The summed E-state index contributed by atoms with van der Waals surface area (Å²) in [5.41, 5.74) is 1.19. The highest BCUT2D eigenvalue weighted by Crippen LogP contribution is 2.21. The molecule has 15 heavy (non-hydrogen) atoms. The smallest absolute Gasteiger partial charge is 0.129 e. The van der Waals surface area contributed by atoms with E-state index in [9.17, 15) is 0 Å². The van der Waals surface area contributed by atoms with Crippen LogP contribution in [-0.2, 0) is 0 Å². The molecule has 0 atom stereocenters. The highest BCUT2D eigenvalue weighted by molar-refractivity contribution is 5.33. The molecule has 0 unspecified atom stereocenters. The standard InChI is InChI=1S/C13H17NO/c1-11-5-3-4-6-13(11)15-12-7-9-14(2)10-8-12/h3-7H,8-10H2,1-2H3. The fourth-order valence-corrected chi connectivity index (χ4v) is 1.66. The van der Waals surface area contributed by atoms with Crippen molar-refractivity contribution in [1.82, 2.24) is 4.90 Å². The second-order valence-corrected chi connectivity index (χ2v) is 4.05. The molecule has 1 aliphatic heterocycles. The topological polar surface area (TPSA) is 12.5 Å². The number of benzene rings is 1. The Morgan fingerprint density at radius 1 is 1.27 bits per heavy atom. The summed E-state index contributed by atoms with van der Waals surface area (Å²) in [5.74, 6) is 2.08. The van der Waals surface area contributed by atoms with Gasteiger partial charge < -0.3 is 9.64 Å². The fourth-order valence-electron chi connectivity index (χ4n) is 1.66. The molecule has 2 rings (SSSR count). The first kappa shape index (κ1) is 10.2. The average Bonchev–Trinajstić information content (AvgIpc) is 2.25. The van der Waals surface area contributed by atoms with Crippen molar-refractivity contribution in [1.29, 1.82) is 0 Å². The van der Waals surface area contributed by atoms with Crippen LogP contribution in [0.3, 0.4) is 0 Å². The molecule has 2 heteroatoms. The number of hydrogen-bond acceptors (Lipinski definition) is 2. The van der Waals surface area contributed by atoms with Crippen LogP contribution >= 0.6 is 0 Å². The van der Waals surface area contributed by atoms with E-state index in [1.165, 1.54) is 5.56 Å². The van der Waals surface area contributed by atoms with Crippen molar-refractivity contribution >= 4 is 0 Å². The van der Waals surface area contributed by atoms with Crippen molar-refractivity contribution < 1.29 is 4.74 Å². The number of para-hydroxylation sites is 1. The third-order valence-electron chi connectivity index (χ3n) is 2.71. The monoisotopic (exact) mass is 203 g/mol. The first-order chi connectivity index (χ1) is 7.25. The fraction of sp³-hybridized carbons (Fsp3) is 0.385. The lowest BCUT2D eigenvalue weighted by molar-refractivity contribution is 0.302. The van der Waals surface area contributed by atoms with Crippen molar-refractivity contribution in [2.75, 3.05) is 20.1 Å². The Labute approximate surface area is 91.2 Å². The van der Waals surface area contributed by atoms with E-state index in [1.807, 2.05) is 18.2 Å². The molecule has 0 N–H and O–H groups in total. The predicted octanol–water partition coefficient (Wildman–Crippen LogP) is 2.59. The summed E-state index contributed by atoms with van der Waals surface area (Å²) >= 11 is 0. The van der Waals surface area contributed by atoms with Gasteiger partial charge in [-0.1, -0.05) is 18.2 Å². The Kier molecular flexibility index (Phi) is 3.07. The summed E-state index contributed by atoms with van der Waals surface area (Å²) in [5, 5.41) is 0. The van der Waals surface area contributed by atoms with Gasteiger partial charge in [-0.2, -0.15) is 0 Å². The quantitative estimate of drug-likeness (QED) is 0.732. The number of hydrogen-bond donors (Lipinski definition) is 0. The van der Waals surface area contributed by atoms with Gasteiger partial charge in [0.15, 0.2) is 0 Å². The minimum absolute atomic E-state index is 0.980. The van der Waals surface area contributed by atoms with Crippen LogP contribution in [0.1, 0.15) is 12.0 Å². The Bertz CT molecular complexity index is 371. The second-order valence-electron chi connectivity index (χ2n) is 4.05. The van der Waals surface area contributed by atoms with E-state index < -0.39 is 0 Å². The molecular weight excluding hydrogens is 186 g/mol. The zero-order valence-corrected chi connectivity index (χ0v) is 9.36. The number of likely N-dealkylation sites (N-methyl/N-ethyl adjacent to an activating group) is 1. The zero-order valence-electron chi connectivity index (χ0n) is 9.36. The molecule has 80 valence electrons. The van der Waals surface area contributed by atoms with Crippen LogP contribution < -0.4 is 4.74 Å². The third-order valence-corrected chi connectivity index (χ3v) is 2.71. The van der Waals surface area contributed by atoms with Gasteiger partial charge in [-0.15, -0.1) is 0 Å². The molecule has 0 aromatic heterocycles. The Balaban J connectivity index is 2.06. The van der Waals surface area contributed by atoms with E-state index >= 15 is 0 Å². The maximum Gasteiger partial charge on any atom is 0.129 e. The third kappa shape index (κ3) is 2.60. The van der Waals surface area contributed by atoms with Gasteiger partial charge in [0.1, 0.15) is 11.5 Å². The predicted molar refractivity (Wildman–Crippen MR) is 62.0 cm³/mol. The van der Waals surface area contributed by atoms with E-state index in [-0.39, 0.29) is 0 Å². The summed E-state index contributed by atoms with van der Waals surface area (Å²) in [6, 6.07) is 8.14. The van der Waals surface area contributed by atoms with Crippen molar-refractivity contribution in [2.24, 2.45) is 0 Å². The molecule has 0 amide bonds. The van der Waals surface area contributed by atoms with Crippen LogP contribution in [0.2, 0.25) is 0 Å². The van der Waals surface area contributed by atoms with Crippen LogP contribution in [0.5, 0.6) is 5.75 Å². The number of nitrogens with zero attached hydrogens (tertiary/aromatic N) is 1. The van der Waals surface area contributed by atoms with Gasteiger partial charge in [0.25, 0.3) is 0 Å². The molecule has 1 aromatic rings. The van der Waals surface area contributed by atoms with Crippen LogP contribution in [0.15, 0.2) is 36.1 Å². The molecule has 2 nitrogen and oxygen atoms in total. The van der Waals surface area contributed by atoms with E-state index in [4.69, 9.17) is 4.74 Å². The lowest BCUT2D eigenvalue weighted by atomic mass is 10.2. The number of aryl methyl sites for hydroxylation is 1. The van der Waals surface area contributed by atoms with Gasteiger partial charge in [-0.25, -0.2) is 0 Å². The average molecular weight is 203 g/mol. The molecule has 1 heterocycles. The first-order valence-electron chi connectivity index (χ1n) is 5.37. The summed E-state index contributed by atoms with van der Waals surface area (Å²) in [6.07, 6.45) is 3.17. The molecule has 1 aliphatic rings. The largest absolute Gasteiger partial charge is 0.462 e. The number of ether oxygens (including phenoxy) is 1. The van der Waals surface area contributed by atoms with Gasteiger partial charge in [0, 0.05) is 19.5 Å². The van der Waals surface area contributed by atoms with Crippen LogP contribution in [0, 0.1) is 6.92 Å². The molecule has 0 spiro atoms. The Morgan fingerprint density at radius 3 is 2.73 bits per heavy atom. The van der Waals surface area contributed by atoms with Crippen molar-refractivity contribution in [3.05, 3.63) is 41.7 Å². The second kappa shape index (κ2) is 4.49. The highest BCUT2D eigenvalue weighted by Gasteiger charge is 2.09.